The van der Waals surface area contributed by atoms with Crippen LogP contribution >= 0.6 is 11.3 Å². The van der Waals surface area contributed by atoms with Crippen LogP contribution in [0.3, 0.4) is 0 Å². The van der Waals surface area contributed by atoms with Gasteiger partial charge in [-0.15, -0.1) is 0 Å². The second kappa shape index (κ2) is 4.90. The maximum Gasteiger partial charge on any atom is 0.227 e. The van der Waals surface area contributed by atoms with Crippen LogP contribution in [0.5, 0.6) is 0 Å². The predicted octanol–water partition coefficient (Wildman–Crippen LogP) is 3.21. The van der Waals surface area contributed by atoms with E-state index in [0.29, 0.717) is 5.56 Å². The molecule has 0 radical (unpaired) electrons. The topological polar surface area (TPSA) is 20.9 Å². The van der Waals surface area contributed by atoms with Crippen LogP contribution in [0.4, 0.5) is 4.39 Å². The van der Waals surface area contributed by atoms with Gasteiger partial charge in [-0.05, 0) is 30.3 Å². The molecule has 0 amide bonds. The number of ketones is 1. The molecule has 94 valence electrons. The van der Waals surface area contributed by atoms with Gasteiger partial charge in [0.1, 0.15) is 10.5 Å². The Morgan fingerprint density at radius 3 is 2.63 bits per heavy atom. The zero-order valence-electron chi connectivity index (χ0n) is 10.0. The summed E-state index contributed by atoms with van der Waals surface area (Å²) < 4.78 is 15.9. The first-order valence-electron chi connectivity index (χ1n) is 5.88. The highest BCUT2D eigenvalue weighted by atomic mass is 32.1. The largest absolute Gasteiger partial charge is 0.287 e. The second-order valence-corrected chi connectivity index (χ2v) is 5.14. The third-order valence-electron chi connectivity index (χ3n) is 2.96. The van der Waals surface area contributed by atoms with E-state index in [2.05, 4.69) is 0 Å². The summed E-state index contributed by atoms with van der Waals surface area (Å²) in [4.78, 5) is 12.1. The van der Waals surface area contributed by atoms with Crippen molar-refractivity contribution < 1.29 is 13.8 Å². The molecule has 0 atom stereocenters. The van der Waals surface area contributed by atoms with Crippen LogP contribution in [0, 0.1) is 5.82 Å². The van der Waals surface area contributed by atoms with Crippen LogP contribution in [-0.2, 0) is 6.54 Å². The average Bonchev–Trinajstić information content (AvgIpc) is 2.83. The molecule has 0 saturated heterocycles. The summed E-state index contributed by atoms with van der Waals surface area (Å²) in [7, 11) is 0. The van der Waals surface area contributed by atoms with E-state index in [1.807, 2.05) is 34.3 Å². The Hall–Kier alpha value is -2.07. The van der Waals surface area contributed by atoms with E-state index < -0.39 is 0 Å². The molecule has 1 heterocycles. The highest BCUT2D eigenvalue weighted by molar-refractivity contribution is 7.16. The number of thiazole rings is 1. The molecule has 2 aromatic carbocycles. The van der Waals surface area contributed by atoms with Crippen molar-refractivity contribution in [2.24, 2.45) is 0 Å². The van der Waals surface area contributed by atoms with Crippen molar-refractivity contribution in [1.29, 1.82) is 0 Å². The van der Waals surface area contributed by atoms with Gasteiger partial charge >= 0.3 is 0 Å². The first-order valence-corrected chi connectivity index (χ1v) is 6.76. The Morgan fingerprint density at radius 2 is 1.84 bits per heavy atom. The van der Waals surface area contributed by atoms with E-state index in [0.717, 1.165) is 10.2 Å². The van der Waals surface area contributed by atoms with Crippen molar-refractivity contribution in [3.63, 3.8) is 0 Å². The molecule has 2 nitrogen and oxygen atoms in total. The number of benzene rings is 2. The molecule has 0 aliphatic heterocycles. The monoisotopic (exact) mass is 272 g/mol. The SMILES string of the molecule is O=C(C[n+]1csc2ccccc21)c1ccc(F)cc1. The molecule has 0 bridgehead atoms. The van der Waals surface area contributed by atoms with E-state index in [9.17, 15) is 9.18 Å². The lowest BCUT2D eigenvalue weighted by atomic mass is 10.1. The Bertz CT molecular complexity index is 733. The summed E-state index contributed by atoms with van der Waals surface area (Å²) in [6, 6.07) is 13.6. The quantitative estimate of drug-likeness (QED) is 0.530. The third-order valence-corrected chi connectivity index (χ3v) is 3.92. The van der Waals surface area contributed by atoms with Crippen LogP contribution in [-0.4, -0.2) is 5.78 Å². The van der Waals surface area contributed by atoms with Gasteiger partial charge in [0.05, 0.1) is 0 Å². The number of halogens is 1. The number of fused-ring (bicyclic) bond motifs is 1. The lowest BCUT2D eigenvalue weighted by Gasteiger charge is -1.97. The summed E-state index contributed by atoms with van der Waals surface area (Å²) in [5, 5.41) is 0. The highest BCUT2D eigenvalue weighted by Crippen LogP contribution is 2.15. The van der Waals surface area contributed by atoms with Gasteiger partial charge in [0, 0.05) is 11.6 Å². The van der Waals surface area contributed by atoms with Crippen LogP contribution in [0.15, 0.2) is 54.0 Å². The third kappa shape index (κ3) is 2.39. The molecule has 3 rings (SSSR count). The molecular weight excluding hydrogens is 261 g/mol. The summed E-state index contributed by atoms with van der Waals surface area (Å²) in [6.45, 7) is 0.273. The first-order chi connectivity index (χ1) is 9.24. The van der Waals surface area contributed by atoms with Crippen molar-refractivity contribution in [2.75, 3.05) is 0 Å². The molecule has 19 heavy (non-hydrogen) atoms. The van der Waals surface area contributed by atoms with Gasteiger partial charge in [0.2, 0.25) is 23.4 Å². The van der Waals surface area contributed by atoms with Gasteiger partial charge in [0.15, 0.2) is 0 Å². The smallest absolute Gasteiger partial charge is 0.227 e. The predicted molar refractivity (Wildman–Crippen MR) is 72.8 cm³/mol. The summed E-state index contributed by atoms with van der Waals surface area (Å²) >= 11 is 1.60. The van der Waals surface area contributed by atoms with Gasteiger partial charge in [-0.1, -0.05) is 23.5 Å². The Labute approximate surface area is 113 Å². The van der Waals surface area contributed by atoms with Crippen LogP contribution in [0.25, 0.3) is 10.2 Å². The summed E-state index contributed by atoms with van der Waals surface area (Å²) in [5.74, 6) is -0.348. The van der Waals surface area contributed by atoms with Gasteiger partial charge < -0.3 is 0 Å². The van der Waals surface area contributed by atoms with Crippen molar-refractivity contribution in [3.8, 4) is 0 Å². The lowest BCUT2D eigenvalue weighted by molar-refractivity contribution is -0.652. The Balaban J connectivity index is 1.89. The zero-order chi connectivity index (χ0) is 13.2. The molecule has 0 unspecified atom stereocenters. The van der Waals surface area contributed by atoms with Crippen molar-refractivity contribution in [3.05, 3.63) is 65.4 Å². The average molecular weight is 272 g/mol. The number of hydrogen-bond donors (Lipinski definition) is 0. The fourth-order valence-electron chi connectivity index (χ4n) is 1.98. The maximum atomic E-state index is 12.8. The van der Waals surface area contributed by atoms with Gasteiger partial charge in [0.25, 0.3) is 0 Å². The number of aromatic nitrogens is 1. The fraction of sp³-hybridized carbons (Fsp3) is 0.0667. The standard InChI is InChI=1S/C15H11FNOS/c16-12-7-5-11(6-8-12)14(18)9-17-10-19-15-4-2-1-3-13(15)17/h1-8,10H,9H2/q+1. The van der Waals surface area contributed by atoms with E-state index in [1.54, 1.807) is 11.3 Å². The van der Waals surface area contributed by atoms with Crippen LogP contribution in [0.2, 0.25) is 0 Å². The lowest BCUT2D eigenvalue weighted by Crippen LogP contribution is -2.36. The fourth-order valence-corrected chi connectivity index (χ4v) is 2.87. The minimum atomic E-state index is -0.329. The Kier molecular flexibility index (Phi) is 3.09. The van der Waals surface area contributed by atoms with Crippen molar-refractivity contribution in [2.45, 2.75) is 6.54 Å². The van der Waals surface area contributed by atoms with E-state index in [4.69, 9.17) is 0 Å². The molecule has 4 heteroatoms. The number of nitrogens with zero attached hydrogens (tertiary/aromatic N) is 1. The molecular formula is C15H11FNOS+. The van der Waals surface area contributed by atoms with Gasteiger partial charge in [-0.25, -0.2) is 4.39 Å². The van der Waals surface area contributed by atoms with E-state index >= 15 is 0 Å². The first kappa shape index (κ1) is 12.0. The number of rotatable bonds is 3. The van der Waals surface area contributed by atoms with Crippen molar-refractivity contribution >= 4 is 27.3 Å². The van der Waals surface area contributed by atoms with Crippen LogP contribution < -0.4 is 4.57 Å². The Morgan fingerprint density at radius 1 is 1.11 bits per heavy atom. The van der Waals surface area contributed by atoms with Gasteiger partial charge in [-0.2, -0.15) is 4.57 Å². The summed E-state index contributed by atoms with van der Waals surface area (Å²) in [5.41, 5.74) is 3.51. The minimum Gasteiger partial charge on any atom is -0.287 e. The number of carbonyl (C=O) groups is 1. The molecule has 0 spiro atoms. The van der Waals surface area contributed by atoms with Gasteiger partial charge in [-0.3, -0.25) is 4.79 Å². The number of carbonyl (C=O) groups excluding carboxylic acids is 1. The molecule has 0 saturated carbocycles. The molecule has 0 aliphatic carbocycles. The summed E-state index contributed by atoms with van der Waals surface area (Å²) in [6.07, 6.45) is 0. The van der Waals surface area contributed by atoms with E-state index in [1.165, 1.54) is 24.3 Å². The molecule has 1 aromatic heterocycles. The highest BCUT2D eigenvalue weighted by Gasteiger charge is 2.16. The number of para-hydroxylation sites is 1. The molecule has 0 fully saturated rings. The normalized spacial score (nSPS) is 10.8. The maximum absolute atomic E-state index is 12.8. The zero-order valence-corrected chi connectivity index (χ0v) is 10.9. The van der Waals surface area contributed by atoms with Crippen LogP contribution in [0.1, 0.15) is 10.4 Å². The van der Waals surface area contributed by atoms with Crippen molar-refractivity contribution in [1.82, 2.24) is 0 Å². The second-order valence-electron chi connectivity index (χ2n) is 4.25. The molecule has 0 aliphatic rings. The molecule has 3 aromatic rings. The van der Waals surface area contributed by atoms with E-state index in [-0.39, 0.29) is 18.1 Å². The molecule has 0 N–H and O–H groups in total. The number of hydrogen-bond acceptors (Lipinski definition) is 2. The number of Topliss-reactive ketones (excluding diaryl/α,β-unsaturated/α-hetero) is 1. The minimum absolute atomic E-state index is 0.0199.